The summed E-state index contributed by atoms with van der Waals surface area (Å²) in [5, 5.41) is 2.83. The molecule has 4 heterocycles. The predicted octanol–water partition coefficient (Wildman–Crippen LogP) is 2.33. The molecule has 34 heavy (non-hydrogen) atoms. The standard InChI is InChI=1S/C24H18BrN3O5S/c1-3-32-22(31)17-18-12-6-4-5-7-15(12)33-24(17,2)27-23-28(18)21(30)19(34-23)16-13-10-11(25)8-9-14(13)26-20(16)29/h4-10,17-18H,3H2,1-2H3,(H,26,29)/b19-16-/t17-,18?,24?/m0/s1. The molecule has 6 rings (SSSR count). The zero-order valence-electron chi connectivity index (χ0n) is 18.1. The fourth-order valence-corrected chi connectivity index (χ4v) is 6.51. The highest BCUT2D eigenvalue weighted by Gasteiger charge is 2.56. The second-order valence-corrected chi connectivity index (χ2v) is 10.3. The lowest BCUT2D eigenvalue weighted by atomic mass is 9.81. The summed E-state index contributed by atoms with van der Waals surface area (Å²) in [5.41, 5.74) is 0.640. The Balaban J connectivity index is 1.69. The quantitative estimate of drug-likeness (QED) is 0.504. The van der Waals surface area contributed by atoms with Crippen LogP contribution in [0.15, 0.2) is 56.7 Å². The summed E-state index contributed by atoms with van der Waals surface area (Å²) >= 11 is 4.57. The molecule has 0 fully saturated rings. The molecular formula is C24H18BrN3O5S. The smallest absolute Gasteiger partial charge is 0.317 e. The van der Waals surface area contributed by atoms with E-state index in [4.69, 9.17) is 14.5 Å². The Labute approximate surface area is 205 Å². The van der Waals surface area contributed by atoms with E-state index in [2.05, 4.69) is 21.2 Å². The SMILES string of the molecule is CCOC(=O)[C@@H]1C2c3ccccc3OC1(C)N=c1s/c(=C3\C(=O)Nc4ccc(Br)cc43)c(=O)n12. The summed E-state index contributed by atoms with van der Waals surface area (Å²) in [5.74, 6) is -1.14. The normalized spacial score (nSPS) is 25.3. The molecule has 2 bridgehead atoms. The molecule has 3 aromatic rings. The number of carbonyl (C=O) groups is 2. The molecule has 10 heteroatoms. The van der Waals surface area contributed by atoms with Gasteiger partial charge >= 0.3 is 5.97 Å². The van der Waals surface area contributed by atoms with Gasteiger partial charge in [0.15, 0.2) is 4.80 Å². The van der Waals surface area contributed by atoms with E-state index in [9.17, 15) is 14.4 Å². The number of nitrogens with zero attached hydrogens (tertiary/aromatic N) is 2. The molecule has 3 atom stereocenters. The number of fused-ring (bicyclic) bond motifs is 7. The number of aromatic nitrogens is 1. The van der Waals surface area contributed by atoms with Gasteiger partial charge in [0, 0.05) is 21.3 Å². The van der Waals surface area contributed by atoms with Gasteiger partial charge in [0.1, 0.15) is 16.2 Å². The fourth-order valence-electron chi connectivity index (χ4n) is 4.95. The number of esters is 1. The van der Waals surface area contributed by atoms with Crippen molar-refractivity contribution in [2.75, 3.05) is 11.9 Å². The molecule has 8 nitrogen and oxygen atoms in total. The second kappa shape index (κ2) is 7.38. The third kappa shape index (κ3) is 2.88. The molecule has 3 aliphatic rings. The highest BCUT2D eigenvalue weighted by atomic mass is 79.9. The molecule has 1 amide bonds. The van der Waals surface area contributed by atoms with Crippen LogP contribution in [0.5, 0.6) is 5.75 Å². The topological polar surface area (TPSA) is 99.0 Å². The van der Waals surface area contributed by atoms with Crippen molar-refractivity contribution in [3.8, 4) is 5.75 Å². The number of nitrogens with one attached hydrogen (secondary N) is 1. The summed E-state index contributed by atoms with van der Waals surface area (Å²) in [6, 6.07) is 12.1. The van der Waals surface area contributed by atoms with Gasteiger partial charge in [-0.1, -0.05) is 45.5 Å². The Hall–Kier alpha value is -3.24. The first-order valence-electron chi connectivity index (χ1n) is 10.7. The van der Waals surface area contributed by atoms with Gasteiger partial charge in [0.2, 0.25) is 5.72 Å². The molecule has 0 radical (unpaired) electrons. The van der Waals surface area contributed by atoms with Crippen LogP contribution < -0.4 is 24.9 Å². The number of halogens is 1. The maximum Gasteiger partial charge on any atom is 0.317 e. The Morgan fingerprint density at radius 2 is 2.09 bits per heavy atom. The minimum Gasteiger partial charge on any atom is -0.466 e. The summed E-state index contributed by atoms with van der Waals surface area (Å²) in [6.45, 7) is 3.66. The lowest BCUT2D eigenvalue weighted by Gasteiger charge is -2.44. The van der Waals surface area contributed by atoms with Gasteiger partial charge in [-0.2, -0.15) is 0 Å². The van der Waals surface area contributed by atoms with E-state index < -0.39 is 23.7 Å². The van der Waals surface area contributed by atoms with Gasteiger partial charge in [0.05, 0.1) is 18.2 Å². The number of amides is 1. The van der Waals surface area contributed by atoms with Crippen molar-refractivity contribution in [2.24, 2.45) is 10.9 Å². The average Bonchev–Trinajstić information content (AvgIpc) is 3.27. The number of anilines is 1. The predicted molar refractivity (Wildman–Crippen MR) is 128 cm³/mol. The Morgan fingerprint density at radius 1 is 1.29 bits per heavy atom. The first kappa shape index (κ1) is 21.3. The number of para-hydroxylation sites is 1. The molecule has 0 aliphatic carbocycles. The van der Waals surface area contributed by atoms with Crippen molar-refractivity contribution in [3.63, 3.8) is 0 Å². The van der Waals surface area contributed by atoms with E-state index in [0.29, 0.717) is 32.9 Å². The zero-order valence-corrected chi connectivity index (χ0v) is 20.5. The Morgan fingerprint density at radius 3 is 2.88 bits per heavy atom. The second-order valence-electron chi connectivity index (χ2n) is 8.39. The third-order valence-electron chi connectivity index (χ3n) is 6.35. The van der Waals surface area contributed by atoms with E-state index in [-0.39, 0.29) is 22.6 Å². The maximum atomic E-state index is 13.9. The van der Waals surface area contributed by atoms with Gasteiger partial charge < -0.3 is 14.8 Å². The number of benzene rings is 2. The number of carbonyl (C=O) groups excluding carboxylic acids is 2. The lowest BCUT2D eigenvalue weighted by molar-refractivity contribution is -0.160. The molecule has 2 unspecified atom stereocenters. The van der Waals surface area contributed by atoms with Crippen LogP contribution in [0.3, 0.4) is 0 Å². The number of hydrogen-bond acceptors (Lipinski definition) is 7. The van der Waals surface area contributed by atoms with Crippen LogP contribution in [0, 0.1) is 5.92 Å². The van der Waals surface area contributed by atoms with E-state index in [0.717, 1.165) is 15.8 Å². The van der Waals surface area contributed by atoms with Crippen LogP contribution >= 0.6 is 27.3 Å². The molecule has 2 aromatic carbocycles. The van der Waals surface area contributed by atoms with E-state index >= 15 is 0 Å². The Kier molecular flexibility index (Phi) is 4.62. The minimum absolute atomic E-state index is 0.195. The van der Waals surface area contributed by atoms with E-state index in [1.54, 1.807) is 26.0 Å². The van der Waals surface area contributed by atoms with Gasteiger partial charge in [0.25, 0.3) is 11.5 Å². The van der Waals surface area contributed by atoms with Crippen molar-refractivity contribution >= 4 is 50.4 Å². The van der Waals surface area contributed by atoms with Crippen molar-refractivity contribution in [3.05, 3.63) is 77.8 Å². The summed E-state index contributed by atoms with van der Waals surface area (Å²) in [7, 11) is 0. The molecule has 172 valence electrons. The van der Waals surface area contributed by atoms with Crippen LogP contribution in [0.25, 0.3) is 5.57 Å². The molecule has 3 aliphatic heterocycles. The molecule has 1 N–H and O–H groups in total. The van der Waals surface area contributed by atoms with E-state index in [1.807, 2.05) is 30.3 Å². The largest absolute Gasteiger partial charge is 0.466 e. The van der Waals surface area contributed by atoms with Crippen molar-refractivity contribution < 1.29 is 19.1 Å². The molecule has 0 saturated carbocycles. The first-order chi connectivity index (χ1) is 16.3. The van der Waals surface area contributed by atoms with Crippen LogP contribution in [-0.4, -0.2) is 28.8 Å². The number of ether oxygens (including phenoxy) is 2. The minimum atomic E-state index is -1.26. The zero-order chi connectivity index (χ0) is 23.8. The maximum absolute atomic E-state index is 13.9. The van der Waals surface area contributed by atoms with Crippen molar-refractivity contribution in [1.29, 1.82) is 0 Å². The van der Waals surface area contributed by atoms with Crippen LogP contribution in [0.1, 0.15) is 31.0 Å². The molecule has 1 aromatic heterocycles. The van der Waals surface area contributed by atoms with Gasteiger partial charge in [-0.25, -0.2) is 4.99 Å². The molecule has 0 spiro atoms. The summed E-state index contributed by atoms with van der Waals surface area (Å²) in [4.78, 5) is 45.1. The Bertz CT molecular complexity index is 1590. The first-order valence-corrected chi connectivity index (χ1v) is 12.3. The number of rotatable bonds is 2. The van der Waals surface area contributed by atoms with Crippen molar-refractivity contribution in [1.82, 2.24) is 4.57 Å². The lowest BCUT2D eigenvalue weighted by Crippen LogP contribution is -2.58. The average molecular weight is 540 g/mol. The molecule has 0 saturated heterocycles. The monoisotopic (exact) mass is 539 g/mol. The third-order valence-corrected chi connectivity index (χ3v) is 7.90. The number of hydrogen-bond donors (Lipinski definition) is 1. The van der Waals surface area contributed by atoms with Crippen molar-refractivity contribution in [2.45, 2.75) is 25.6 Å². The summed E-state index contributed by atoms with van der Waals surface area (Å²) < 4.78 is 14.2. The van der Waals surface area contributed by atoms with Gasteiger partial charge in [-0.15, -0.1) is 0 Å². The molecular weight excluding hydrogens is 522 g/mol. The van der Waals surface area contributed by atoms with E-state index in [1.165, 1.54) is 4.57 Å². The fraction of sp³-hybridized carbons (Fsp3) is 0.250. The van der Waals surface area contributed by atoms with Crippen LogP contribution in [-0.2, 0) is 14.3 Å². The number of thiazole rings is 1. The highest BCUT2D eigenvalue weighted by molar-refractivity contribution is 9.10. The van der Waals surface area contributed by atoms with Gasteiger partial charge in [-0.05, 0) is 38.1 Å². The van der Waals surface area contributed by atoms with Gasteiger partial charge in [-0.3, -0.25) is 19.0 Å². The van der Waals surface area contributed by atoms with Crippen LogP contribution in [0.2, 0.25) is 0 Å². The van der Waals surface area contributed by atoms with Crippen LogP contribution in [0.4, 0.5) is 5.69 Å². The summed E-state index contributed by atoms with van der Waals surface area (Å²) in [6.07, 6.45) is 0. The highest BCUT2D eigenvalue weighted by Crippen LogP contribution is 2.47.